The molecule has 1 aromatic carbocycles. The highest BCUT2D eigenvalue weighted by Gasteiger charge is 2.13. The van der Waals surface area contributed by atoms with Crippen molar-refractivity contribution in [3.8, 4) is 0 Å². The van der Waals surface area contributed by atoms with E-state index in [1.165, 1.54) is 35.6 Å². The number of sulfonamides is 1. The van der Waals surface area contributed by atoms with Crippen LogP contribution in [0.15, 0.2) is 52.7 Å². The van der Waals surface area contributed by atoms with Crippen LogP contribution in [0.2, 0.25) is 0 Å². The van der Waals surface area contributed by atoms with E-state index in [1.807, 2.05) is 19.1 Å². The molecule has 4 N–H and O–H groups in total. The van der Waals surface area contributed by atoms with E-state index in [1.54, 1.807) is 11.4 Å². The molecular weight excluding hydrogens is 374 g/mol. The first-order valence-corrected chi connectivity index (χ1v) is 9.84. The Kier molecular flexibility index (Phi) is 4.98. The van der Waals surface area contributed by atoms with E-state index in [0.717, 1.165) is 5.69 Å². The summed E-state index contributed by atoms with van der Waals surface area (Å²) in [6.07, 6.45) is 0. The number of aromatic nitrogens is 2. The quantitative estimate of drug-likeness (QED) is 0.615. The Bertz CT molecular complexity index is 1050. The second-order valence-electron chi connectivity index (χ2n) is 5.35. The monoisotopic (exact) mass is 389 g/mol. The number of primary sulfonamides is 1. The summed E-state index contributed by atoms with van der Waals surface area (Å²) >= 11 is 1.28. The minimum atomic E-state index is -3.77. The first-order chi connectivity index (χ1) is 12.3. The Morgan fingerprint density at radius 3 is 2.50 bits per heavy atom. The van der Waals surface area contributed by atoms with Crippen molar-refractivity contribution < 1.29 is 13.2 Å². The van der Waals surface area contributed by atoms with E-state index in [-0.39, 0.29) is 10.6 Å². The van der Waals surface area contributed by atoms with Gasteiger partial charge in [-0.2, -0.15) is 0 Å². The third-order valence-electron chi connectivity index (χ3n) is 3.30. The van der Waals surface area contributed by atoms with Crippen molar-refractivity contribution in [2.45, 2.75) is 11.8 Å². The number of thiazole rings is 1. The van der Waals surface area contributed by atoms with Gasteiger partial charge in [0.25, 0.3) is 5.91 Å². The van der Waals surface area contributed by atoms with E-state index < -0.39 is 15.9 Å². The number of pyridine rings is 1. The van der Waals surface area contributed by atoms with Gasteiger partial charge >= 0.3 is 0 Å². The maximum absolute atomic E-state index is 12.3. The topological polar surface area (TPSA) is 127 Å². The van der Waals surface area contributed by atoms with Crippen molar-refractivity contribution in [3.05, 3.63) is 59.2 Å². The highest BCUT2D eigenvalue weighted by atomic mass is 32.2. The highest BCUT2D eigenvalue weighted by molar-refractivity contribution is 7.89. The molecule has 2 heterocycles. The summed E-state index contributed by atoms with van der Waals surface area (Å²) < 4.78 is 22.5. The summed E-state index contributed by atoms with van der Waals surface area (Å²) in [4.78, 5) is 20.8. The number of carbonyl (C=O) groups excluding carboxylic acids is 1. The number of aryl methyl sites for hydroxylation is 1. The van der Waals surface area contributed by atoms with Crippen LogP contribution in [0.5, 0.6) is 0 Å². The molecule has 0 radical (unpaired) electrons. The zero-order chi connectivity index (χ0) is 18.7. The molecule has 0 atom stereocenters. The van der Waals surface area contributed by atoms with Crippen LogP contribution in [-0.2, 0) is 10.0 Å². The Hall–Kier alpha value is -2.82. The summed E-state index contributed by atoms with van der Waals surface area (Å²) in [7, 11) is -3.77. The number of nitrogens with two attached hydrogens (primary N) is 1. The van der Waals surface area contributed by atoms with Gasteiger partial charge in [-0.15, -0.1) is 11.3 Å². The molecule has 0 unspecified atom stereocenters. The van der Waals surface area contributed by atoms with Gasteiger partial charge in [-0.05, 0) is 43.3 Å². The molecule has 0 aliphatic rings. The fraction of sp³-hybridized carbons (Fsp3) is 0.0625. The maximum atomic E-state index is 12.3. The lowest BCUT2D eigenvalue weighted by Gasteiger charge is -2.04. The zero-order valence-electron chi connectivity index (χ0n) is 13.6. The fourth-order valence-corrected chi connectivity index (χ4v) is 3.29. The maximum Gasteiger partial charge on any atom is 0.275 e. The normalized spacial score (nSPS) is 11.2. The molecule has 0 aliphatic heterocycles. The molecular formula is C16H15N5O3S2. The number of hydrogen-bond acceptors (Lipinski definition) is 7. The lowest BCUT2D eigenvalue weighted by atomic mass is 10.3. The van der Waals surface area contributed by atoms with Crippen molar-refractivity contribution in [1.29, 1.82) is 0 Å². The lowest BCUT2D eigenvalue weighted by Crippen LogP contribution is -2.14. The first-order valence-electron chi connectivity index (χ1n) is 7.42. The first kappa shape index (κ1) is 18.0. The van der Waals surface area contributed by atoms with Crippen LogP contribution in [0, 0.1) is 6.92 Å². The van der Waals surface area contributed by atoms with E-state index in [4.69, 9.17) is 5.14 Å². The summed E-state index contributed by atoms with van der Waals surface area (Å²) in [5.41, 5.74) is 1.54. The smallest absolute Gasteiger partial charge is 0.275 e. The van der Waals surface area contributed by atoms with Gasteiger partial charge in [0.2, 0.25) is 10.0 Å². The van der Waals surface area contributed by atoms with Crippen molar-refractivity contribution in [3.63, 3.8) is 0 Å². The number of carbonyl (C=O) groups is 1. The molecule has 0 spiro atoms. The van der Waals surface area contributed by atoms with Crippen LogP contribution in [0.4, 0.5) is 16.6 Å². The standard InChI is InChI=1S/C16H15N5O3S2/c1-10-3-2-4-14(18-10)21-16-20-13(9-25-16)15(22)19-11-5-7-12(8-6-11)26(17,23)24/h2-9H,1H3,(H,19,22)(H2,17,23,24)(H,18,20,21). The van der Waals surface area contributed by atoms with E-state index in [0.29, 0.717) is 16.6 Å². The van der Waals surface area contributed by atoms with Gasteiger partial charge in [0.1, 0.15) is 11.5 Å². The van der Waals surface area contributed by atoms with Crippen molar-refractivity contribution in [1.82, 2.24) is 9.97 Å². The van der Waals surface area contributed by atoms with Gasteiger partial charge in [0, 0.05) is 16.8 Å². The van der Waals surface area contributed by atoms with Crippen molar-refractivity contribution >= 4 is 43.9 Å². The van der Waals surface area contributed by atoms with Crippen LogP contribution >= 0.6 is 11.3 Å². The molecule has 10 heteroatoms. The van der Waals surface area contributed by atoms with Crippen molar-refractivity contribution in [2.24, 2.45) is 5.14 Å². The number of amides is 1. The molecule has 3 rings (SSSR count). The van der Waals surface area contributed by atoms with Gasteiger partial charge in [-0.3, -0.25) is 4.79 Å². The number of nitrogens with zero attached hydrogens (tertiary/aromatic N) is 2. The number of nitrogens with one attached hydrogen (secondary N) is 2. The molecule has 0 fully saturated rings. The minimum Gasteiger partial charge on any atom is -0.321 e. The average molecular weight is 389 g/mol. The van der Waals surface area contributed by atoms with Gasteiger partial charge in [0.15, 0.2) is 5.13 Å². The summed E-state index contributed by atoms with van der Waals surface area (Å²) in [5, 5.41) is 12.9. The third-order valence-corrected chi connectivity index (χ3v) is 4.99. The molecule has 0 saturated carbocycles. The van der Waals surface area contributed by atoms with Gasteiger partial charge in [-0.1, -0.05) is 6.07 Å². The number of rotatable bonds is 5. The molecule has 26 heavy (non-hydrogen) atoms. The Labute approximate surface area is 154 Å². The number of hydrogen-bond donors (Lipinski definition) is 3. The average Bonchev–Trinajstić information content (AvgIpc) is 3.03. The van der Waals surface area contributed by atoms with Gasteiger partial charge < -0.3 is 10.6 Å². The Morgan fingerprint density at radius 2 is 1.85 bits per heavy atom. The number of benzene rings is 1. The Morgan fingerprint density at radius 1 is 1.12 bits per heavy atom. The van der Waals surface area contributed by atoms with Crippen LogP contribution < -0.4 is 15.8 Å². The Balaban J connectivity index is 1.68. The predicted octanol–water partition coefficient (Wildman–Crippen LogP) is 2.49. The van der Waals surface area contributed by atoms with Gasteiger partial charge in [0.05, 0.1) is 4.90 Å². The molecule has 3 aromatic rings. The molecule has 134 valence electrons. The molecule has 2 aromatic heterocycles. The van der Waals surface area contributed by atoms with E-state index in [2.05, 4.69) is 20.6 Å². The van der Waals surface area contributed by atoms with Crippen LogP contribution in [0.3, 0.4) is 0 Å². The van der Waals surface area contributed by atoms with Gasteiger partial charge in [-0.25, -0.2) is 23.5 Å². The summed E-state index contributed by atoms with van der Waals surface area (Å²) in [6.45, 7) is 1.88. The molecule has 0 saturated heterocycles. The SMILES string of the molecule is Cc1cccc(Nc2nc(C(=O)Nc3ccc(S(N)(=O)=O)cc3)cs2)n1. The number of anilines is 3. The molecule has 8 nitrogen and oxygen atoms in total. The van der Waals surface area contributed by atoms with Crippen LogP contribution in [0.1, 0.15) is 16.2 Å². The van der Waals surface area contributed by atoms with E-state index in [9.17, 15) is 13.2 Å². The highest BCUT2D eigenvalue weighted by Crippen LogP contribution is 2.21. The van der Waals surface area contributed by atoms with E-state index >= 15 is 0 Å². The third kappa shape index (κ3) is 4.42. The van der Waals surface area contributed by atoms with Crippen LogP contribution in [0.25, 0.3) is 0 Å². The van der Waals surface area contributed by atoms with Crippen molar-refractivity contribution in [2.75, 3.05) is 10.6 Å². The predicted molar refractivity (Wildman–Crippen MR) is 100 cm³/mol. The lowest BCUT2D eigenvalue weighted by molar-refractivity contribution is 0.102. The zero-order valence-corrected chi connectivity index (χ0v) is 15.3. The summed E-state index contributed by atoms with van der Waals surface area (Å²) in [5.74, 6) is 0.236. The second-order valence-corrected chi connectivity index (χ2v) is 7.77. The van der Waals surface area contributed by atoms with Crippen LogP contribution in [-0.4, -0.2) is 24.3 Å². The fourth-order valence-electron chi connectivity index (χ4n) is 2.08. The second kappa shape index (κ2) is 7.20. The summed E-state index contributed by atoms with van der Waals surface area (Å²) in [6, 6.07) is 11.1. The molecule has 0 aliphatic carbocycles. The minimum absolute atomic E-state index is 0.0266. The molecule has 1 amide bonds. The largest absolute Gasteiger partial charge is 0.321 e. The molecule has 0 bridgehead atoms.